The number of nitrogens with two attached hydrogens (primary N) is 1. The van der Waals surface area contributed by atoms with E-state index in [2.05, 4.69) is 0 Å². The van der Waals surface area contributed by atoms with Crippen molar-refractivity contribution in [2.24, 2.45) is 5.73 Å². The van der Waals surface area contributed by atoms with Crippen molar-refractivity contribution < 1.29 is 9.50 Å². The van der Waals surface area contributed by atoms with Crippen LogP contribution in [0, 0.1) is 5.82 Å². The Morgan fingerprint density at radius 1 is 1.50 bits per heavy atom. The van der Waals surface area contributed by atoms with Gasteiger partial charge in [-0.3, -0.25) is 0 Å². The minimum absolute atomic E-state index is 0.169. The highest BCUT2D eigenvalue weighted by atomic mass is 35.5. The fourth-order valence-electron chi connectivity index (χ4n) is 1.28. The van der Waals surface area contributed by atoms with E-state index in [-0.39, 0.29) is 10.6 Å². The van der Waals surface area contributed by atoms with Crippen molar-refractivity contribution in [2.75, 3.05) is 6.54 Å². The Hall–Kier alpha value is -0.640. The molecular weight excluding hydrogens is 205 g/mol. The Kier molecular flexibility index (Phi) is 4.32. The van der Waals surface area contributed by atoms with E-state index in [0.29, 0.717) is 19.4 Å². The van der Waals surface area contributed by atoms with Gasteiger partial charge >= 0.3 is 0 Å². The molecule has 1 atom stereocenters. The van der Waals surface area contributed by atoms with Crippen LogP contribution in [0.15, 0.2) is 18.2 Å². The molecule has 0 aliphatic heterocycles. The van der Waals surface area contributed by atoms with Crippen LogP contribution >= 0.6 is 11.6 Å². The smallest absolute Gasteiger partial charge is 0.130 e. The number of rotatable bonds is 4. The molecule has 2 nitrogen and oxygen atoms in total. The average molecular weight is 218 g/mol. The van der Waals surface area contributed by atoms with Crippen molar-refractivity contribution in [3.8, 4) is 0 Å². The predicted octanol–water partition coefficient (Wildman–Crippen LogP) is 2.25. The summed E-state index contributed by atoms with van der Waals surface area (Å²) >= 11 is 5.77. The van der Waals surface area contributed by atoms with E-state index in [1.54, 1.807) is 6.07 Å². The first kappa shape index (κ1) is 11.4. The van der Waals surface area contributed by atoms with Gasteiger partial charge in [0.15, 0.2) is 0 Å². The summed E-state index contributed by atoms with van der Waals surface area (Å²) in [7, 11) is 0. The van der Waals surface area contributed by atoms with E-state index < -0.39 is 11.9 Å². The van der Waals surface area contributed by atoms with Crippen LogP contribution in [0.1, 0.15) is 24.5 Å². The van der Waals surface area contributed by atoms with E-state index in [1.807, 2.05) is 0 Å². The van der Waals surface area contributed by atoms with E-state index >= 15 is 0 Å². The van der Waals surface area contributed by atoms with Gasteiger partial charge in [-0.05, 0) is 31.5 Å². The molecule has 0 aromatic heterocycles. The minimum atomic E-state index is -0.868. The number of benzene rings is 1. The maximum absolute atomic E-state index is 13.3. The lowest BCUT2D eigenvalue weighted by atomic mass is 10.0. The molecule has 14 heavy (non-hydrogen) atoms. The Labute approximate surface area is 87.5 Å². The molecule has 0 fully saturated rings. The normalized spacial score (nSPS) is 12.9. The van der Waals surface area contributed by atoms with Crippen molar-refractivity contribution in [1.82, 2.24) is 0 Å². The zero-order chi connectivity index (χ0) is 10.6. The second kappa shape index (κ2) is 5.29. The molecule has 4 heteroatoms. The second-order valence-corrected chi connectivity index (χ2v) is 3.49. The van der Waals surface area contributed by atoms with E-state index in [9.17, 15) is 9.50 Å². The van der Waals surface area contributed by atoms with Crippen LogP contribution in [0.3, 0.4) is 0 Å². The highest BCUT2D eigenvalue weighted by Crippen LogP contribution is 2.28. The quantitative estimate of drug-likeness (QED) is 0.813. The summed E-state index contributed by atoms with van der Waals surface area (Å²) in [5.74, 6) is -0.470. The highest BCUT2D eigenvalue weighted by Gasteiger charge is 2.15. The number of aliphatic hydroxyl groups excluding tert-OH is 1. The second-order valence-electron chi connectivity index (χ2n) is 3.08. The fourth-order valence-corrected chi connectivity index (χ4v) is 1.57. The first-order valence-corrected chi connectivity index (χ1v) is 4.86. The lowest BCUT2D eigenvalue weighted by molar-refractivity contribution is 0.161. The molecule has 0 aliphatic rings. The number of hydrogen-bond acceptors (Lipinski definition) is 2. The van der Waals surface area contributed by atoms with Gasteiger partial charge in [-0.2, -0.15) is 0 Å². The van der Waals surface area contributed by atoms with Gasteiger partial charge in [0.25, 0.3) is 0 Å². The Bertz CT molecular complexity index is 286. The van der Waals surface area contributed by atoms with Crippen molar-refractivity contribution in [3.63, 3.8) is 0 Å². The van der Waals surface area contributed by atoms with E-state index in [0.717, 1.165) is 0 Å². The molecule has 0 heterocycles. The van der Waals surface area contributed by atoms with Crippen molar-refractivity contribution in [3.05, 3.63) is 34.6 Å². The minimum Gasteiger partial charge on any atom is -0.388 e. The highest BCUT2D eigenvalue weighted by molar-refractivity contribution is 6.31. The molecule has 0 saturated heterocycles. The standard InChI is InChI=1S/C10H13ClFNO/c11-7-3-1-4-8(12)10(7)9(14)5-2-6-13/h1,3-4,9,14H,2,5-6,13H2. The maximum Gasteiger partial charge on any atom is 0.130 e. The van der Waals surface area contributed by atoms with Crippen LogP contribution in [0.2, 0.25) is 5.02 Å². The third-order valence-corrected chi connectivity index (χ3v) is 2.34. The SMILES string of the molecule is NCCCC(O)c1c(F)cccc1Cl. The molecule has 0 spiro atoms. The molecule has 0 aliphatic carbocycles. The van der Waals surface area contributed by atoms with Crippen molar-refractivity contribution >= 4 is 11.6 Å². The first-order valence-electron chi connectivity index (χ1n) is 4.49. The first-order chi connectivity index (χ1) is 6.66. The summed E-state index contributed by atoms with van der Waals surface area (Å²) < 4.78 is 13.3. The molecule has 1 aromatic carbocycles. The van der Waals surface area contributed by atoms with Gasteiger partial charge in [-0.1, -0.05) is 17.7 Å². The topological polar surface area (TPSA) is 46.2 Å². The van der Waals surface area contributed by atoms with Crippen LogP contribution in [-0.4, -0.2) is 11.7 Å². The molecule has 78 valence electrons. The Morgan fingerprint density at radius 3 is 2.79 bits per heavy atom. The molecule has 3 N–H and O–H groups in total. The van der Waals surface area contributed by atoms with Gasteiger partial charge in [0.1, 0.15) is 5.82 Å². The van der Waals surface area contributed by atoms with Gasteiger partial charge in [0, 0.05) is 10.6 Å². The van der Waals surface area contributed by atoms with Crippen LogP contribution in [0.4, 0.5) is 4.39 Å². The zero-order valence-corrected chi connectivity index (χ0v) is 8.47. The molecule has 0 amide bonds. The molecular formula is C10H13ClFNO. The van der Waals surface area contributed by atoms with E-state index in [1.165, 1.54) is 12.1 Å². The predicted molar refractivity (Wildman–Crippen MR) is 54.7 cm³/mol. The zero-order valence-electron chi connectivity index (χ0n) is 7.71. The van der Waals surface area contributed by atoms with Crippen molar-refractivity contribution in [1.29, 1.82) is 0 Å². The van der Waals surface area contributed by atoms with Crippen LogP contribution in [0.5, 0.6) is 0 Å². The Morgan fingerprint density at radius 2 is 2.21 bits per heavy atom. The average Bonchev–Trinajstić information content (AvgIpc) is 2.14. The summed E-state index contributed by atoms with van der Waals surface area (Å²) in [6.45, 7) is 0.475. The fraction of sp³-hybridized carbons (Fsp3) is 0.400. The number of aliphatic hydroxyl groups is 1. The van der Waals surface area contributed by atoms with Crippen LogP contribution < -0.4 is 5.73 Å². The van der Waals surface area contributed by atoms with Gasteiger partial charge in [0.05, 0.1) is 6.10 Å². The molecule has 1 unspecified atom stereocenters. The lowest BCUT2D eigenvalue weighted by Gasteiger charge is -2.12. The monoisotopic (exact) mass is 217 g/mol. The van der Waals surface area contributed by atoms with Gasteiger partial charge in [-0.15, -0.1) is 0 Å². The van der Waals surface area contributed by atoms with Crippen LogP contribution in [0.25, 0.3) is 0 Å². The summed E-state index contributed by atoms with van der Waals surface area (Å²) in [4.78, 5) is 0. The maximum atomic E-state index is 13.3. The molecule has 0 radical (unpaired) electrons. The molecule has 1 rings (SSSR count). The van der Waals surface area contributed by atoms with E-state index in [4.69, 9.17) is 17.3 Å². The van der Waals surface area contributed by atoms with Crippen LogP contribution in [-0.2, 0) is 0 Å². The molecule has 0 bridgehead atoms. The van der Waals surface area contributed by atoms with Crippen molar-refractivity contribution in [2.45, 2.75) is 18.9 Å². The summed E-state index contributed by atoms with van der Waals surface area (Å²) in [5, 5.41) is 9.89. The number of halogens is 2. The third kappa shape index (κ3) is 2.67. The summed E-state index contributed by atoms with van der Waals surface area (Å²) in [6.07, 6.45) is 0.204. The lowest BCUT2D eigenvalue weighted by Crippen LogP contribution is -2.06. The largest absolute Gasteiger partial charge is 0.388 e. The number of hydrogen-bond donors (Lipinski definition) is 2. The van der Waals surface area contributed by atoms with Gasteiger partial charge < -0.3 is 10.8 Å². The van der Waals surface area contributed by atoms with Gasteiger partial charge in [0.2, 0.25) is 0 Å². The molecule has 1 aromatic rings. The molecule has 0 saturated carbocycles. The van der Waals surface area contributed by atoms with Gasteiger partial charge in [-0.25, -0.2) is 4.39 Å². The summed E-state index contributed by atoms with van der Waals surface area (Å²) in [5.41, 5.74) is 5.46. The third-order valence-electron chi connectivity index (χ3n) is 2.01. The Balaban J connectivity index is 2.82. The summed E-state index contributed by atoms with van der Waals surface area (Å²) in [6, 6.07) is 4.36.